The third-order valence-corrected chi connectivity index (χ3v) is 4.22. The summed E-state index contributed by atoms with van der Waals surface area (Å²) in [7, 11) is 0. The summed E-state index contributed by atoms with van der Waals surface area (Å²) >= 11 is 4.44. The number of halogens is 4. The molecule has 0 radical (unpaired) electrons. The number of aryl methyl sites for hydroxylation is 1. The van der Waals surface area contributed by atoms with E-state index in [-0.39, 0.29) is 10.5 Å². The van der Waals surface area contributed by atoms with Crippen molar-refractivity contribution in [1.29, 1.82) is 0 Å². The highest BCUT2D eigenvalue weighted by molar-refractivity contribution is 9.10. The van der Waals surface area contributed by atoms with Gasteiger partial charge in [-0.1, -0.05) is 15.9 Å². The maximum atomic E-state index is 12.8. The third kappa shape index (κ3) is 3.52. The van der Waals surface area contributed by atoms with Gasteiger partial charge in [-0.25, -0.2) is 4.98 Å². The molecular formula is C13H12BrF3N2S. The Morgan fingerprint density at radius 1 is 1.35 bits per heavy atom. The second-order valence-electron chi connectivity index (χ2n) is 4.35. The van der Waals surface area contributed by atoms with Crippen LogP contribution >= 0.6 is 27.3 Å². The lowest BCUT2D eigenvalue weighted by Gasteiger charge is -2.16. The van der Waals surface area contributed by atoms with Gasteiger partial charge >= 0.3 is 6.18 Å². The van der Waals surface area contributed by atoms with Gasteiger partial charge in [-0.15, -0.1) is 11.3 Å². The molecule has 2 nitrogen and oxygen atoms in total. The molecule has 0 saturated heterocycles. The van der Waals surface area contributed by atoms with Gasteiger partial charge in [-0.05, 0) is 32.0 Å². The minimum Gasteiger partial charge on any atom is -0.377 e. The summed E-state index contributed by atoms with van der Waals surface area (Å²) in [5.74, 6) is 0. The van der Waals surface area contributed by atoms with E-state index < -0.39 is 11.7 Å². The number of aromatic nitrogens is 1. The van der Waals surface area contributed by atoms with Gasteiger partial charge in [0.25, 0.3) is 0 Å². The summed E-state index contributed by atoms with van der Waals surface area (Å²) in [4.78, 5) is 4.32. The van der Waals surface area contributed by atoms with Crippen molar-refractivity contribution in [1.82, 2.24) is 4.98 Å². The highest BCUT2D eigenvalue weighted by Gasteiger charge is 2.33. The first kappa shape index (κ1) is 15.3. The van der Waals surface area contributed by atoms with Crippen molar-refractivity contribution < 1.29 is 13.2 Å². The lowest BCUT2D eigenvalue weighted by Crippen LogP contribution is -2.10. The van der Waals surface area contributed by atoms with Gasteiger partial charge in [-0.2, -0.15) is 13.2 Å². The van der Waals surface area contributed by atoms with Crippen molar-refractivity contribution in [3.05, 3.63) is 44.3 Å². The molecule has 0 saturated carbocycles. The fourth-order valence-corrected chi connectivity index (χ4v) is 2.91. The van der Waals surface area contributed by atoms with Crippen LogP contribution in [0.25, 0.3) is 0 Å². The number of nitrogens with one attached hydrogen (secondary N) is 1. The highest BCUT2D eigenvalue weighted by Crippen LogP contribution is 2.36. The molecule has 0 aliphatic carbocycles. The molecule has 0 aliphatic rings. The molecule has 1 aromatic carbocycles. The summed E-state index contributed by atoms with van der Waals surface area (Å²) in [6.07, 6.45) is -4.38. The zero-order valence-corrected chi connectivity index (χ0v) is 13.2. The molecule has 0 fully saturated rings. The molecule has 7 heteroatoms. The third-order valence-electron chi connectivity index (χ3n) is 2.74. The monoisotopic (exact) mass is 364 g/mol. The van der Waals surface area contributed by atoms with Crippen molar-refractivity contribution in [2.45, 2.75) is 26.1 Å². The minimum absolute atomic E-state index is 0.0349. The number of alkyl halides is 3. The summed E-state index contributed by atoms with van der Waals surface area (Å²) < 4.78 is 38.5. The van der Waals surface area contributed by atoms with Crippen molar-refractivity contribution >= 4 is 33.0 Å². The smallest absolute Gasteiger partial charge is 0.377 e. The molecule has 1 heterocycles. The predicted octanol–water partition coefficient (Wildman–Crippen LogP) is 5.41. The van der Waals surface area contributed by atoms with E-state index >= 15 is 0 Å². The number of nitrogens with zero attached hydrogens (tertiary/aromatic N) is 1. The van der Waals surface area contributed by atoms with Gasteiger partial charge in [0.2, 0.25) is 0 Å². The summed E-state index contributed by atoms with van der Waals surface area (Å²) in [5.41, 5.74) is 0.548. The lowest BCUT2D eigenvalue weighted by molar-refractivity contribution is -0.138. The number of hydrogen-bond acceptors (Lipinski definition) is 3. The predicted molar refractivity (Wildman–Crippen MR) is 78.0 cm³/mol. The van der Waals surface area contributed by atoms with Crippen LogP contribution in [0.3, 0.4) is 0 Å². The molecule has 0 bridgehead atoms. The molecule has 0 aliphatic heterocycles. The molecule has 1 unspecified atom stereocenters. The summed E-state index contributed by atoms with van der Waals surface area (Å²) in [6.45, 7) is 3.76. The Morgan fingerprint density at radius 2 is 2.05 bits per heavy atom. The quantitative estimate of drug-likeness (QED) is 0.787. The Bertz CT molecular complexity index is 610. The second-order valence-corrected chi connectivity index (χ2v) is 6.27. The largest absolute Gasteiger partial charge is 0.417 e. The van der Waals surface area contributed by atoms with Gasteiger partial charge in [0, 0.05) is 15.5 Å². The normalized spacial score (nSPS) is 13.3. The van der Waals surface area contributed by atoms with Crippen LogP contribution in [-0.2, 0) is 6.18 Å². The van der Waals surface area contributed by atoms with Crippen LogP contribution < -0.4 is 5.32 Å². The van der Waals surface area contributed by atoms with Crippen molar-refractivity contribution in [3.8, 4) is 0 Å². The van der Waals surface area contributed by atoms with Crippen LogP contribution in [0.4, 0.5) is 18.9 Å². The summed E-state index contributed by atoms with van der Waals surface area (Å²) in [5, 5.41) is 5.86. The van der Waals surface area contributed by atoms with Crippen molar-refractivity contribution in [2.24, 2.45) is 0 Å². The molecule has 2 rings (SSSR count). The van der Waals surface area contributed by atoms with Crippen molar-refractivity contribution in [3.63, 3.8) is 0 Å². The van der Waals surface area contributed by atoms with E-state index in [2.05, 4.69) is 26.2 Å². The van der Waals surface area contributed by atoms with Gasteiger partial charge in [0.05, 0.1) is 22.3 Å². The standard InChI is InChI=1S/C13H12BrF3N2S/c1-7(12-6-20-8(2)19-12)18-9-3-4-11(14)10(5-9)13(15,16)17/h3-7,18H,1-2H3. The number of rotatable bonds is 3. The van der Waals surface area contributed by atoms with E-state index in [0.717, 1.165) is 16.8 Å². The van der Waals surface area contributed by atoms with Crippen molar-refractivity contribution in [2.75, 3.05) is 5.32 Å². The first-order valence-corrected chi connectivity index (χ1v) is 7.50. The number of thiazole rings is 1. The maximum absolute atomic E-state index is 12.8. The topological polar surface area (TPSA) is 24.9 Å². The van der Waals surface area contributed by atoms with Crippen LogP contribution in [0.1, 0.15) is 29.2 Å². The first-order chi connectivity index (χ1) is 9.27. The Hall–Kier alpha value is -1.08. The summed E-state index contributed by atoms with van der Waals surface area (Å²) in [6, 6.07) is 3.95. The zero-order chi connectivity index (χ0) is 14.9. The Morgan fingerprint density at radius 3 is 2.60 bits per heavy atom. The van der Waals surface area contributed by atoms with Crippen LogP contribution in [0, 0.1) is 6.92 Å². The average Bonchev–Trinajstić information content (AvgIpc) is 2.77. The van der Waals surface area contributed by atoms with Crippen LogP contribution in [-0.4, -0.2) is 4.98 Å². The van der Waals surface area contributed by atoms with E-state index in [9.17, 15) is 13.2 Å². The van der Waals surface area contributed by atoms with Crippen LogP contribution in [0.15, 0.2) is 28.1 Å². The Labute approximate surface area is 127 Å². The number of anilines is 1. The van der Waals surface area contributed by atoms with E-state index in [4.69, 9.17) is 0 Å². The number of benzene rings is 1. The minimum atomic E-state index is -4.38. The molecule has 2 aromatic rings. The van der Waals surface area contributed by atoms with E-state index in [1.807, 2.05) is 19.2 Å². The highest BCUT2D eigenvalue weighted by atomic mass is 79.9. The molecule has 1 atom stereocenters. The van der Waals surface area contributed by atoms with E-state index in [0.29, 0.717) is 5.69 Å². The van der Waals surface area contributed by atoms with Gasteiger partial charge in [-0.3, -0.25) is 0 Å². The Kier molecular flexibility index (Phi) is 4.39. The molecule has 0 amide bonds. The van der Waals surface area contributed by atoms with E-state index in [1.165, 1.54) is 17.4 Å². The molecule has 108 valence electrons. The zero-order valence-electron chi connectivity index (χ0n) is 10.8. The second kappa shape index (κ2) is 5.73. The molecule has 1 aromatic heterocycles. The van der Waals surface area contributed by atoms with Gasteiger partial charge < -0.3 is 5.32 Å². The maximum Gasteiger partial charge on any atom is 0.417 e. The molecule has 1 N–H and O–H groups in total. The molecule has 20 heavy (non-hydrogen) atoms. The molecular weight excluding hydrogens is 353 g/mol. The van der Waals surface area contributed by atoms with Crippen LogP contribution in [0.2, 0.25) is 0 Å². The number of hydrogen-bond donors (Lipinski definition) is 1. The SMILES string of the molecule is Cc1nc(C(C)Nc2ccc(Br)c(C(F)(F)F)c2)cs1. The molecule has 0 spiro atoms. The average molecular weight is 365 g/mol. The van der Waals surface area contributed by atoms with Gasteiger partial charge in [0.15, 0.2) is 0 Å². The fraction of sp³-hybridized carbons (Fsp3) is 0.308. The fourth-order valence-electron chi connectivity index (χ4n) is 1.74. The lowest BCUT2D eigenvalue weighted by atomic mass is 10.1. The van der Waals surface area contributed by atoms with Crippen LogP contribution in [0.5, 0.6) is 0 Å². The van der Waals surface area contributed by atoms with Gasteiger partial charge in [0.1, 0.15) is 0 Å². The van der Waals surface area contributed by atoms with E-state index in [1.54, 1.807) is 6.07 Å². The first-order valence-electron chi connectivity index (χ1n) is 5.82. The Balaban J connectivity index is 2.22.